The van der Waals surface area contributed by atoms with Gasteiger partial charge in [-0.2, -0.15) is 0 Å². The second-order valence-electron chi connectivity index (χ2n) is 6.03. The molecule has 0 spiro atoms. The van der Waals surface area contributed by atoms with E-state index < -0.39 is 0 Å². The van der Waals surface area contributed by atoms with Gasteiger partial charge in [0.2, 0.25) is 0 Å². The van der Waals surface area contributed by atoms with Crippen LogP contribution in [0.25, 0.3) is 10.2 Å². The van der Waals surface area contributed by atoms with E-state index in [0.717, 1.165) is 23.1 Å². The molecule has 1 aromatic heterocycles. The first-order valence-electron chi connectivity index (χ1n) is 7.69. The Balaban J connectivity index is 1.31. The maximum Gasteiger partial charge on any atom is 0.310 e. The third-order valence-corrected chi connectivity index (χ3v) is 5.42. The Bertz CT molecular complexity index is 765. The molecule has 1 heterocycles. The Morgan fingerprint density at radius 3 is 2.87 bits per heavy atom. The van der Waals surface area contributed by atoms with Crippen LogP contribution in [0.4, 0.5) is 5.13 Å². The molecule has 2 aliphatic rings. The van der Waals surface area contributed by atoms with Gasteiger partial charge in [0.15, 0.2) is 11.7 Å². The number of esters is 1. The summed E-state index contributed by atoms with van der Waals surface area (Å²) in [5.74, 6) is 0.103. The van der Waals surface area contributed by atoms with Crippen molar-refractivity contribution in [2.45, 2.75) is 12.8 Å². The highest BCUT2D eigenvalue weighted by Gasteiger charge is 2.40. The minimum atomic E-state index is -0.351. The lowest BCUT2D eigenvalue weighted by Gasteiger charge is -2.16. The number of allylic oxidation sites excluding steroid dienone is 2. The topological polar surface area (TPSA) is 68.3 Å². The van der Waals surface area contributed by atoms with Crippen molar-refractivity contribution in [3.8, 4) is 0 Å². The number of rotatable bonds is 4. The van der Waals surface area contributed by atoms with Crippen LogP contribution in [0.3, 0.4) is 0 Å². The van der Waals surface area contributed by atoms with Crippen molar-refractivity contribution in [2.24, 2.45) is 17.8 Å². The average Bonchev–Trinajstić information content (AvgIpc) is 3.26. The van der Waals surface area contributed by atoms with E-state index >= 15 is 0 Å². The zero-order chi connectivity index (χ0) is 15.8. The van der Waals surface area contributed by atoms with Crippen LogP contribution < -0.4 is 5.32 Å². The summed E-state index contributed by atoms with van der Waals surface area (Å²) in [5.41, 5.74) is 0.846. The maximum absolute atomic E-state index is 12.1. The Morgan fingerprint density at radius 1 is 1.26 bits per heavy atom. The summed E-state index contributed by atoms with van der Waals surface area (Å²) in [6.45, 7) is -0.258. The molecule has 1 amide bonds. The molecular weight excluding hydrogens is 312 g/mol. The highest BCUT2D eigenvalue weighted by molar-refractivity contribution is 7.22. The first kappa shape index (κ1) is 14.4. The van der Waals surface area contributed by atoms with Gasteiger partial charge in [-0.05, 0) is 36.8 Å². The first-order valence-corrected chi connectivity index (χ1v) is 8.51. The Kier molecular flexibility index (Phi) is 3.61. The summed E-state index contributed by atoms with van der Waals surface area (Å²) in [6.07, 6.45) is 6.16. The lowest BCUT2D eigenvalue weighted by molar-refractivity contribution is -0.152. The number of hydrogen-bond donors (Lipinski definition) is 1. The standard InChI is InChI=1S/C17H16N2O3S/c20-15(19-17-18-13-3-1-2-4-14(13)23-17)9-22-16(21)12-8-10-5-6-11(12)7-10/h1-6,10-12H,7-9H2,(H,18,19,20). The van der Waals surface area contributed by atoms with Crippen LogP contribution in [0.5, 0.6) is 0 Å². The molecule has 0 saturated heterocycles. The Morgan fingerprint density at radius 2 is 2.13 bits per heavy atom. The fourth-order valence-corrected chi connectivity index (χ4v) is 4.26. The smallest absolute Gasteiger partial charge is 0.310 e. The molecular formula is C17H16N2O3S. The van der Waals surface area contributed by atoms with Gasteiger partial charge in [0.25, 0.3) is 5.91 Å². The molecule has 5 nitrogen and oxygen atoms in total. The van der Waals surface area contributed by atoms with E-state index in [9.17, 15) is 9.59 Å². The van der Waals surface area contributed by atoms with Crippen molar-refractivity contribution < 1.29 is 14.3 Å². The molecule has 6 heteroatoms. The van der Waals surface area contributed by atoms with Gasteiger partial charge >= 0.3 is 5.97 Å². The minimum absolute atomic E-state index is 0.0831. The van der Waals surface area contributed by atoms with Crippen LogP contribution in [-0.4, -0.2) is 23.5 Å². The molecule has 1 aromatic carbocycles. The molecule has 2 bridgehead atoms. The number of ether oxygens (including phenoxy) is 1. The fourth-order valence-electron chi connectivity index (χ4n) is 3.38. The summed E-state index contributed by atoms with van der Waals surface area (Å²) in [6, 6.07) is 7.67. The monoisotopic (exact) mass is 328 g/mol. The van der Waals surface area contributed by atoms with E-state index in [1.54, 1.807) is 0 Å². The SMILES string of the molecule is O=C(COC(=O)C1CC2C=CC1C2)Nc1nc2ccccc2s1. The van der Waals surface area contributed by atoms with Gasteiger partial charge in [0.1, 0.15) is 0 Å². The quantitative estimate of drug-likeness (QED) is 0.692. The second-order valence-corrected chi connectivity index (χ2v) is 7.06. The van der Waals surface area contributed by atoms with Gasteiger partial charge in [-0.25, -0.2) is 4.98 Å². The Labute approximate surface area is 137 Å². The van der Waals surface area contributed by atoms with Crippen LogP contribution in [0.15, 0.2) is 36.4 Å². The van der Waals surface area contributed by atoms with Crippen molar-refractivity contribution in [3.05, 3.63) is 36.4 Å². The van der Waals surface area contributed by atoms with Gasteiger partial charge in [0.05, 0.1) is 16.1 Å². The third kappa shape index (κ3) is 2.86. The fraction of sp³-hybridized carbons (Fsp3) is 0.353. The van der Waals surface area contributed by atoms with E-state index in [4.69, 9.17) is 4.74 Å². The molecule has 4 rings (SSSR count). The van der Waals surface area contributed by atoms with Gasteiger partial charge < -0.3 is 4.74 Å². The number of hydrogen-bond acceptors (Lipinski definition) is 5. The number of benzene rings is 1. The predicted octanol–water partition coefficient (Wildman–Crippen LogP) is 2.99. The maximum atomic E-state index is 12.1. The minimum Gasteiger partial charge on any atom is -0.455 e. The van der Waals surface area contributed by atoms with Crippen molar-refractivity contribution >= 4 is 38.6 Å². The van der Waals surface area contributed by atoms with Gasteiger partial charge in [-0.15, -0.1) is 0 Å². The van der Waals surface area contributed by atoms with E-state index in [1.165, 1.54) is 11.3 Å². The number of fused-ring (bicyclic) bond motifs is 3. The summed E-state index contributed by atoms with van der Waals surface area (Å²) >= 11 is 1.40. The number of carbonyl (C=O) groups is 2. The molecule has 23 heavy (non-hydrogen) atoms. The molecule has 2 aliphatic carbocycles. The molecule has 3 atom stereocenters. The predicted molar refractivity (Wildman–Crippen MR) is 88.1 cm³/mol. The van der Waals surface area contributed by atoms with Crippen LogP contribution in [-0.2, 0) is 14.3 Å². The van der Waals surface area contributed by atoms with E-state index in [0.29, 0.717) is 17.0 Å². The molecule has 2 aromatic rings. The van der Waals surface area contributed by atoms with Crippen LogP contribution >= 0.6 is 11.3 Å². The van der Waals surface area contributed by atoms with Crippen LogP contribution in [0, 0.1) is 17.8 Å². The van der Waals surface area contributed by atoms with Crippen molar-refractivity contribution in [1.29, 1.82) is 0 Å². The summed E-state index contributed by atoms with van der Waals surface area (Å²) in [5, 5.41) is 3.21. The van der Waals surface area contributed by atoms with Gasteiger partial charge in [-0.1, -0.05) is 35.6 Å². The number of amides is 1. The van der Waals surface area contributed by atoms with Crippen molar-refractivity contribution in [3.63, 3.8) is 0 Å². The number of nitrogens with one attached hydrogen (secondary N) is 1. The number of para-hydroxylation sites is 1. The van der Waals surface area contributed by atoms with Crippen molar-refractivity contribution in [1.82, 2.24) is 4.98 Å². The highest BCUT2D eigenvalue weighted by Crippen LogP contribution is 2.43. The number of aromatic nitrogens is 1. The summed E-state index contributed by atoms with van der Waals surface area (Å²) in [7, 11) is 0. The van der Waals surface area contributed by atoms with E-state index in [2.05, 4.69) is 22.5 Å². The summed E-state index contributed by atoms with van der Waals surface area (Å²) < 4.78 is 6.19. The molecule has 1 saturated carbocycles. The van der Waals surface area contributed by atoms with Gasteiger partial charge in [0, 0.05) is 0 Å². The van der Waals surface area contributed by atoms with E-state index in [1.807, 2.05) is 24.3 Å². The van der Waals surface area contributed by atoms with Crippen molar-refractivity contribution in [2.75, 3.05) is 11.9 Å². The van der Waals surface area contributed by atoms with Crippen LogP contribution in [0.2, 0.25) is 0 Å². The molecule has 0 aliphatic heterocycles. The molecule has 1 fully saturated rings. The molecule has 118 valence electrons. The normalized spacial score (nSPS) is 25.0. The van der Waals surface area contributed by atoms with E-state index in [-0.39, 0.29) is 24.4 Å². The molecule has 0 radical (unpaired) electrons. The largest absolute Gasteiger partial charge is 0.455 e. The number of carbonyl (C=O) groups excluding carboxylic acids is 2. The highest BCUT2D eigenvalue weighted by atomic mass is 32.1. The second kappa shape index (κ2) is 5.77. The lowest BCUT2D eigenvalue weighted by Crippen LogP contribution is -2.26. The number of nitrogens with zero attached hydrogens (tertiary/aromatic N) is 1. The van der Waals surface area contributed by atoms with Crippen LogP contribution in [0.1, 0.15) is 12.8 Å². The summed E-state index contributed by atoms with van der Waals surface area (Å²) in [4.78, 5) is 28.3. The van der Waals surface area contributed by atoms with Gasteiger partial charge in [-0.3, -0.25) is 14.9 Å². The average molecular weight is 328 g/mol. The third-order valence-electron chi connectivity index (χ3n) is 4.47. The number of anilines is 1. The lowest BCUT2D eigenvalue weighted by atomic mass is 9.94. The zero-order valence-electron chi connectivity index (χ0n) is 12.4. The molecule has 1 N–H and O–H groups in total. The number of thiazole rings is 1. The Hall–Kier alpha value is -2.21. The molecule has 3 unspecified atom stereocenters. The first-order chi connectivity index (χ1) is 11.2. The zero-order valence-corrected chi connectivity index (χ0v) is 13.2.